The topological polar surface area (TPSA) is 88.7 Å². The minimum atomic E-state index is -0.315. The van der Waals surface area contributed by atoms with Crippen LogP contribution in [0, 0.1) is 0 Å². The molecule has 1 aliphatic rings. The molecule has 0 saturated heterocycles. The molecule has 152 valence electrons. The molecular weight excluding hydrogens is 402 g/mol. The number of rotatable bonds is 6. The van der Waals surface area contributed by atoms with Crippen molar-refractivity contribution in [2.45, 2.75) is 4.90 Å². The van der Waals surface area contributed by atoms with Gasteiger partial charge in [-0.15, -0.1) is 11.8 Å². The second-order valence-corrected chi connectivity index (χ2v) is 7.42. The number of carbonyl (C=O) groups is 2. The Labute approximate surface area is 177 Å². The molecule has 1 heterocycles. The second-order valence-electron chi connectivity index (χ2n) is 6.37. The van der Waals surface area contributed by atoms with Gasteiger partial charge >= 0.3 is 6.03 Å². The van der Waals surface area contributed by atoms with Crippen molar-refractivity contribution >= 4 is 40.8 Å². The van der Waals surface area contributed by atoms with Gasteiger partial charge in [-0.05, 0) is 48.5 Å². The Morgan fingerprint density at radius 2 is 1.43 bits per heavy atom. The number of amides is 3. The van der Waals surface area contributed by atoms with Crippen LogP contribution in [0.1, 0.15) is 0 Å². The average molecular weight is 421 g/mol. The molecule has 0 aromatic heterocycles. The summed E-state index contributed by atoms with van der Waals surface area (Å²) in [5, 5.41) is 8.38. The number of para-hydroxylation sites is 1. The number of fused-ring (bicyclic) bond motifs is 1. The monoisotopic (exact) mass is 421 g/mol. The highest BCUT2D eigenvalue weighted by atomic mass is 32.2. The summed E-state index contributed by atoms with van der Waals surface area (Å²) in [6, 6.07) is 21.5. The van der Waals surface area contributed by atoms with Crippen molar-refractivity contribution in [2.75, 3.05) is 28.5 Å². The van der Waals surface area contributed by atoms with E-state index in [1.807, 2.05) is 42.5 Å². The van der Waals surface area contributed by atoms with Crippen molar-refractivity contribution in [1.82, 2.24) is 0 Å². The SMILES string of the molecule is O=C(CSc1ccc(NC(=O)Nc2ccccc2)cc1)Nc1ccc2c(c1)OCO2. The first kappa shape index (κ1) is 19.7. The van der Waals surface area contributed by atoms with Crippen LogP contribution in [-0.4, -0.2) is 24.5 Å². The zero-order valence-electron chi connectivity index (χ0n) is 15.9. The quantitative estimate of drug-likeness (QED) is 0.498. The molecule has 4 rings (SSSR count). The van der Waals surface area contributed by atoms with Gasteiger partial charge in [0.05, 0.1) is 5.75 Å². The van der Waals surface area contributed by atoms with Gasteiger partial charge in [0.25, 0.3) is 0 Å². The van der Waals surface area contributed by atoms with E-state index in [9.17, 15) is 9.59 Å². The molecule has 0 unspecified atom stereocenters. The fourth-order valence-corrected chi connectivity index (χ4v) is 3.47. The third kappa shape index (κ3) is 5.24. The van der Waals surface area contributed by atoms with E-state index in [0.717, 1.165) is 10.6 Å². The Balaban J connectivity index is 1.24. The van der Waals surface area contributed by atoms with E-state index >= 15 is 0 Å². The molecule has 3 aromatic rings. The fourth-order valence-electron chi connectivity index (χ4n) is 2.77. The number of thioether (sulfide) groups is 1. The molecule has 0 atom stereocenters. The molecule has 1 aliphatic heterocycles. The third-order valence-corrected chi connectivity index (χ3v) is 5.18. The van der Waals surface area contributed by atoms with Crippen LogP contribution in [-0.2, 0) is 4.79 Å². The lowest BCUT2D eigenvalue weighted by atomic mass is 10.3. The lowest BCUT2D eigenvalue weighted by Gasteiger charge is -2.09. The number of anilines is 3. The summed E-state index contributed by atoms with van der Waals surface area (Å²) in [6.07, 6.45) is 0. The largest absolute Gasteiger partial charge is 0.454 e. The van der Waals surface area contributed by atoms with Gasteiger partial charge in [-0.1, -0.05) is 18.2 Å². The maximum absolute atomic E-state index is 12.2. The van der Waals surface area contributed by atoms with E-state index < -0.39 is 0 Å². The summed E-state index contributed by atoms with van der Waals surface area (Å²) >= 11 is 1.41. The van der Waals surface area contributed by atoms with Crippen LogP contribution >= 0.6 is 11.8 Å². The summed E-state index contributed by atoms with van der Waals surface area (Å²) in [6.45, 7) is 0.196. The van der Waals surface area contributed by atoms with Gasteiger partial charge in [0.1, 0.15) is 0 Å². The van der Waals surface area contributed by atoms with Crippen LogP contribution in [0.4, 0.5) is 21.9 Å². The molecule has 0 bridgehead atoms. The first-order chi connectivity index (χ1) is 14.7. The minimum absolute atomic E-state index is 0.122. The Kier molecular flexibility index (Phi) is 6.05. The summed E-state index contributed by atoms with van der Waals surface area (Å²) in [7, 11) is 0. The summed E-state index contributed by atoms with van der Waals surface area (Å²) in [5.41, 5.74) is 2.04. The number of ether oxygens (including phenoxy) is 2. The van der Waals surface area contributed by atoms with E-state index in [1.165, 1.54) is 11.8 Å². The van der Waals surface area contributed by atoms with Crippen LogP contribution < -0.4 is 25.4 Å². The van der Waals surface area contributed by atoms with Crippen LogP contribution in [0.25, 0.3) is 0 Å². The Hall–Kier alpha value is -3.65. The fraction of sp³-hybridized carbons (Fsp3) is 0.0909. The maximum atomic E-state index is 12.2. The molecule has 30 heavy (non-hydrogen) atoms. The molecule has 0 aliphatic carbocycles. The van der Waals surface area contributed by atoms with E-state index in [-0.39, 0.29) is 24.5 Å². The van der Waals surface area contributed by atoms with Crippen LogP contribution in [0.5, 0.6) is 11.5 Å². The second kappa shape index (κ2) is 9.23. The van der Waals surface area contributed by atoms with Crippen molar-refractivity contribution in [1.29, 1.82) is 0 Å². The summed E-state index contributed by atoms with van der Waals surface area (Å²) in [5.74, 6) is 1.44. The van der Waals surface area contributed by atoms with Gasteiger partial charge in [0.15, 0.2) is 11.5 Å². The maximum Gasteiger partial charge on any atom is 0.323 e. The Bertz CT molecular complexity index is 1040. The highest BCUT2D eigenvalue weighted by molar-refractivity contribution is 8.00. The predicted molar refractivity (Wildman–Crippen MR) is 117 cm³/mol. The molecule has 3 amide bonds. The normalized spacial score (nSPS) is 11.6. The van der Waals surface area contributed by atoms with E-state index in [0.29, 0.717) is 22.9 Å². The van der Waals surface area contributed by atoms with Crippen molar-refractivity contribution in [2.24, 2.45) is 0 Å². The molecule has 8 heteroatoms. The lowest BCUT2D eigenvalue weighted by Crippen LogP contribution is -2.19. The standard InChI is InChI=1S/C22H19N3O4S/c26-21(23-17-8-11-19-20(12-17)29-14-28-19)13-30-18-9-6-16(7-10-18)25-22(27)24-15-4-2-1-3-5-15/h1-12H,13-14H2,(H,23,26)(H2,24,25,27). The van der Waals surface area contributed by atoms with Crippen LogP contribution in [0.2, 0.25) is 0 Å². The summed E-state index contributed by atoms with van der Waals surface area (Å²) in [4.78, 5) is 25.2. The van der Waals surface area contributed by atoms with Crippen LogP contribution in [0.3, 0.4) is 0 Å². The van der Waals surface area contributed by atoms with Gasteiger partial charge in [-0.2, -0.15) is 0 Å². The highest BCUT2D eigenvalue weighted by Crippen LogP contribution is 2.34. The number of hydrogen-bond donors (Lipinski definition) is 3. The van der Waals surface area contributed by atoms with E-state index in [2.05, 4.69) is 16.0 Å². The molecule has 7 nitrogen and oxygen atoms in total. The number of urea groups is 1. The number of hydrogen-bond acceptors (Lipinski definition) is 5. The molecule has 3 N–H and O–H groups in total. The van der Waals surface area contributed by atoms with Gasteiger partial charge in [-0.25, -0.2) is 4.79 Å². The van der Waals surface area contributed by atoms with Crippen molar-refractivity contribution in [3.8, 4) is 11.5 Å². The van der Waals surface area contributed by atoms with Crippen LogP contribution in [0.15, 0.2) is 77.7 Å². The van der Waals surface area contributed by atoms with Gasteiger partial charge in [0.2, 0.25) is 12.7 Å². The van der Waals surface area contributed by atoms with E-state index in [1.54, 1.807) is 30.3 Å². The number of benzene rings is 3. The number of nitrogens with one attached hydrogen (secondary N) is 3. The lowest BCUT2D eigenvalue weighted by molar-refractivity contribution is -0.113. The Morgan fingerprint density at radius 3 is 2.20 bits per heavy atom. The first-order valence-electron chi connectivity index (χ1n) is 9.21. The highest BCUT2D eigenvalue weighted by Gasteiger charge is 2.14. The van der Waals surface area contributed by atoms with E-state index in [4.69, 9.17) is 9.47 Å². The zero-order valence-corrected chi connectivity index (χ0v) is 16.7. The first-order valence-corrected chi connectivity index (χ1v) is 10.2. The van der Waals surface area contributed by atoms with Crippen molar-refractivity contribution in [3.05, 3.63) is 72.8 Å². The molecule has 0 fully saturated rings. The molecule has 3 aromatic carbocycles. The third-order valence-electron chi connectivity index (χ3n) is 4.17. The number of carbonyl (C=O) groups excluding carboxylic acids is 2. The summed E-state index contributed by atoms with van der Waals surface area (Å²) < 4.78 is 10.6. The van der Waals surface area contributed by atoms with Gasteiger partial charge in [-0.3, -0.25) is 4.79 Å². The average Bonchev–Trinajstić information content (AvgIpc) is 3.22. The Morgan fingerprint density at radius 1 is 0.767 bits per heavy atom. The van der Waals surface area contributed by atoms with Gasteiger partial charge < -0.3 is 25.4 Å². The molecule has 0 saturated carbocycles. The van der Waals surface area contributed by atoms with Crippen molar-refractivity contribution in [3.63, 3.8) is 0 Å². The predicted octanol–water partition coefficient (Wildman–Crippen LogP) is 4.79. The molecular formula is C22H19N3O4S. The van der Waals surface area contributed by atoms with Crippen molar-refractivity contribution < 1.29 is 19.1 Å². The smallest absolute Gasteiger partial charge is 0.323 e. The zero-order chi connectivity index (χ0) is 20.8. The minimum Gasteiger partial charge on any atom is -0.454 e. The van der Waals surface area contributed by atoms with Gasteiger partial charge in [0, 0.05) is 28.0 Å². The molecule has 0 radical (unpaired) electrons. The molecule has 0 spiro atoms.